The van der Waals surface area contributed by atoms with Crippen molar-refractivity contribution < 1.29 is 9.53 Å². The van der Waals surface area contributed by atoms with Gasteiger partial charge in [-0.15, -0.1) is 0 Å². The summed E-state index contributed by atoms with van der Waals surface area (Å²) in [7, 11) is 0. The molecule has 1 aliphatic carbocycles. The number of carbonyl (C=O) groups is 1. The molecule has 1 heterocycles. The molecule has 2 heteroatoms. The van der Waals surface area contributed by atoms with Crippen molar-refractivity contribution >= 4 is 5.97 Å². The van der Waals surface area contributed by atoms with E-state index in [1.54, 1.807) is 0 Å². The predicted octanol–water partition coefficient (Wildman–Crippen LogP) is 2.98. The van der Waals surface area contributed by atoms with Crippen LogP contribution >= 0.6 is 0 Å². The first kappa shape index (κ1) is 10.2. The Morgan fingerprint density at radius 3 is 3.07 bits per heavy atom. The molecule has 0 spiro atoms. The standard InChI is InChI=1S/C13H16O2/c1-10(11-5-3-2-4-6-11)9-12-7-8-15-13(12)14/h2-3,5,7-8,10,12H,4,6,9H2,1H3. The minimum Gasteiger partial charge on any atom is -0.434 e. The molecule has 2 atom stereocenters. The highest BCUT2D eigenvalue weighted by atomic mass is 16.5. The van der Waals surface area contributed by atoms with E-state index in [2.05, 4.69) is 25.2 Å². The van der Waals surface area contributed by atoms with E-state index in [-0.39, 0.29) is 11.9 Å². The topological polar surface area (TPSA) is 26.3 Å². The largest absolute Gasteiger partial charge is 0.434 e. The molecule has 0 N–H and O–H groups in total. The van der Waals surface area contributed by atoms with Gasteiger partial charge >= 0.3 is 5.97 Å². The number of hydrogen-bond acceptors (Lipinski definition) is 2. The monoisotopic (exact) mass is 204 g/mol. The van der Waals surface area contributed by atoms with E-state index in [9.17, 15) is 4.79 Å². The lowest BCUT2D eigenvalue weighted by Gasteiger charge is -2.18. The summed E-state index contributed by atoms with van der Waals surface area (Å²) in [6, 6.07) is 0. The van der Waals surface area contributed by atoms with Crippen molar-refractivity contribution in [2.75, 3.05) is 0 Å². The quantitative estimate of drug-likeness (QED) is 0.661. The van der Waals surface area contributed by atoms with Crippen LogP contribution in [0, 0.1) is 11.8 Å². The maximum Gasteiger partial charge on any atom is 0.317 e. The molecule has 0 aromatic carbocycles. The van der Waals surface area contributed by atoms with Gasteiger partial charge in [-0.25, -0.2) is 0 Å². The SMILES string of the molecule is CC(CC1C=COC1=O)C1=CC=CCC1. The zero-order valence-corrected chi connectivity index (χ0v) is 8.98. The van der Waals surface area contributed by atoms with Gasteiger partial charge < -0.3 is 4.74 Å². The fourth-order valence-corrected chi connectivity index (χ4v) is 2.11. The minimum atomic E-state index is -0.103. The second-order valence-corrected chi connectivity index (χ2v) is 4.22. The van der Waals surface area contributed by atoms with Gasteiger partial charge in [0.2, 0.25) is 0 Å². The van der Waals surface area contributed by atoms with Crippen LogP contribution in [0.1, 0.15) is 26.2 Å². The number of cyclic esters (lactones) is 1. The van der Waals surface area contributed by atoms with E-state index in [1.807, 2.05) is 6.08 Å². The zero-order valence-electron chi connectivity index (χ0n) is 8.98. The average molecular weight is 204 g/mol. The molecule has 0 saturated carbocycles. The molecular weight excluding hydrogens is 188 g/mol. The maximum atomic E-state index is 11.3. The van der Waals surface area contributed by atoms with Crippen LogP contribution in [0.5, 0.6) is 0 Å². The summed E-state index contributed by atoms with van der Waals surface area (Å²) >= 11 is 0. The lowest BCUT2D eigenvalue weighted by molar-refractivity contribution is -0.139. The molecule has 0 amide bonds. The van der Waals surface area contributed by atoms with Crippen molar-refractivity contribution in [1.82, 2.24) is 0 Å². The van der Waals surface area contributed by atoms with Gasteiger partial charge in [-0.3, -0.25) is 4.79 Å². The van der Waals surface area contributed by atoms with E-state index in [0.717, 1.165) is 19.3 Å². The molecule has 2 nitrogen and oxygen atoms in total. The van der Waals surface area contributed by atoms with E-state index >= 15 is 0 Å². The minimum absolute atomic E-state index is 0.0354. The highest BCUT2D eigenvalue weighted by molar-refractivity contribution is 5.77. The Morgan fingerprint density at radius 1 is 1.60 bits per heavy atom. The summed E-state index contributed by atoms with van der Waals surface area (Å²) in [6.45, 7) is 2.18. The second kappa shape index (κ2) is 4.47. The number of esters is 1. The molecule has 0 bridgehead atoms. The lowest BCUT2D eigenvalue weighted by Crippen LogP contribution is -2.13. The molecule has 15 heavy (non-hydrogen) atoms. The van der Waals surface area contributed by atoms with Crippen LogP contribution in [0.4, 0.5) is 0 Å². The molecule has 0 aromatic heterocycles. The van der Waals surface area contributed by atoms with Crippen molar-refractivity contribution in [2.45, 2.75) is 26.2 Å². The molecule has 2 unspecified atom stereocenters. The van der Waals surface area contributed by atoms with E-state index < -0.39 is 0 Å². The van der Waals surface area contributed by atoms with Crippen molar-refractivity contribution in [3.8, 4) is 0 Å². The van der Waals surface area contributed by atoms with Crippen molar-refractivity contribution in [3.05, 3.63) is 36.1 Å². The molecular formula is C13H16O2. The van der Waals surface area contributed by atoms with Crippen LogP contribution in [0.25, 0.3) is 0 Å². The van der Waals surface area contributed by atoms with E-state index in [0.29, 0.717) is 5.92 Å². The fraction of sp³-hybridized carbons (Fsp3) is 0.462. The van der Waals surface area contributed by atoms with Crippen molar-refractivity contribution in [3.63, 3.8) is 0 Å². The second-order valence-electron chi connectivity index (χ2n) is 4.22. The number of allylic oxidation sites excluding steroid dienone is 4. The molecule has 0 radical (unpaired) electrons. The smallest absolute Gasteiger partial charge is 0.317 e. The normalized spacial score (nSPS) is 26.3. The van der Waals surface area contributed by atoms with Gasteiger partial charge in [-0.05, 0) is 31.3 Å². The first-order valence-corrected chi connectivity index (χ1v) is 5.50. The molecule has 80 valence electrons. The number of carbonyl (C=O) groups excluding carboxylic acids is 1. The van der Waals surface area contributed by atoms with E-state index in [4.69, 9.17) is 4.74 Å². The third-order valence-electron chi connectivity index (χ3n) is 3.08. The highest BCUT2D eigenvalue weighted by Gasteiger charge is 2.24. The Hall–Kier alpha value is -1.31. The summed E-state index contributed by atoms with van der Waals surface area (Å²) in [5, 5.41) is 0. The third-order valence-corrected chi connectivity index (χ3v) is 3.08. The summed E-state index contributed by atoms with van der Waals surface area (Å²) < 4.78 is 4.80. The van der Waals surface area contributed by atoms with Crippen LogP contribution in [0.2, 0.25) is 0 Å². The van der Waals surface area contributed by atoms with Crippen LogP contribution in [-0.4, -0.2) is 5.97 Å². The number of rotatable bonds is 3. The van der Waals surface area contributed by atoms with Gasteiger partial charge in [-0.2, -0.15) is 0 Å². The van der Waals surface area contributed by atoms with Crippen LogP contribution in [0.15, 0.2) is 36.1 Å². The Bertz CT molecular complexity index is 336. The molecule has 0 aromatic rings. The maximum absolute atomic E-state index is 11.3. The van der Waals surface area contributed by atoms with Gasteiger partial charge in [0.15, 0.2) is 0 Å². The molecule has 2 aliphatic rings. The van der Waals surface area contributed by atoms with Gasteiger partial charge in [-0.1, -0.05) is 30.7 Å². The Kier molecular flexibility index (Phi) is 3.05. The summed E-state index contributed by atoms with van der Waals surface area (Å²) in [4.78, 5) is 11.3. The highest BCUT2D eigenvalue weighted by Crippen LogP contribution is 2.28. The Morgan fingerprint density at radius 2 is 2.47 bits per heavy atom. The van der Waals surface area contributed by atoms with Crippen LogP contribution in [0.3, 0.4) is 0 Å². The van der Waals surface area contributed by atoms with E-state index in [1.165, 1.54) is 11.8 Å². The summed E-state index contributed by atoms with van der Waals surface area (Å²) in [5.41, 5.74) is 1.45. The Labute approximate surface area is 90.3 Å². The van der Waals surface area contributed by atoms with Gasteiger partial charge in [0.25, 0.3) is 0 Å². The zero-order chi connectivity index (χ0) is 10.7. The van der Waals surface area contributed by atoms with Crippen molar-refractivity contribution in [1.29, 1.82) is 0 Å². The first-order chi connectivity index (χ1) is 7.27. The van der Waals surface area contributed by atoms with Gasteiger partial charge in [0.05, 0.1) is 12.2 Å². The average Bonchev–Trinajstić information content (AvgIpc) is 2.66. The van der Waals surface area contributed by atoms with Crippen LogP contribution < -0.4 is 0 Å². The number of ether oxygens (including phenoxy) is 1. The fourth-order valence-electron chi connectivity index (χ4n) is 2.11. The summed E-state index contributed by atoms with van der Waals surface area (Å²) in [5.74, 6) is 0.329. The number of hydrogen-bond donors (Lipinski definition) is 0. The van der Waals surface area contributed by atoms with Gasteiger partial charge in [0.1, 0.15) is 0 Å². The lowest BCUT2D eigenvalue weighted by atomic mass is 9.86. The molecule has 2 rings (SSSR count). The Balaban J connectivity index is 1.94. The van der Waals surface area contributed by atoms with Gasteiger partial charge in [0, 0.05) is 0 Å². The van der Waals surface area contributed by atoms with Crippen molar-refractivity contribution in [2.24, 2.45) is 11.8 Å². The summed E-state index contributed by atoms with van der Waals surface area (Å²) in [6.07, 6.45) is 13.0. The molecule has 0 fully saturated rings. The third kappa shape index (κ3) is 2.38. The van der Waals surface area contributed by atoms with Crippen LogP contribution in [-0.2, 0) is 9.53 Å². The molecule has 0 saturated heterocycles. The predicted molar refractivity (Wildman–Crippen MR) is 59.0 cm³/mol. The molecule has 1 aliphatic heterocycles. The first-order valence-electron chi connectivity index (χ1n) is 5.50.